The van der Waals surface area contributed by atoms with Gasteiger partial charge in [0.2, 0.25) is 5.91 Å². The van der Waals surface area contributed by atoms with Crippen molar-refractivity contribution >= 4 is 17.1 Å². The number of carbonyl (C=O) groups excluding carboxylic acids is 1. The zero-order valence-electron chi connectivity index (χ0n) is 23.6. The van der Waals surface area contributed by atoms with Gasteiger partial charge in [-0.2, -0.15) is 5.10 Å². The van der Waals surface area contributed by atoms with Crippen molar-refractivity contribution < 1.29 is 22.7 Å². The lowest BCUT2D eigenvalue weighted by atomic mass is 9.88. The number of rotatable bonds is 6. The third-order valence-electron chi connectivity index (χ3n) is 8.40. The normalized spacial score (nSPS) is 21.8. The van der Waals surface area contributed by atoms with Crippen LogP contribution in [-0.2, 0) is 21.6 Å². The zero-order valence-corrected chi connectivity index (χ0v) is 23.6. The number of benzene rings is 1. The van der Waals surface area contributed by atoms with Gasteiger partial charge in [-0.3, -0.25) is 9.78 Å². The highest BCUT2D eigenvalue weighted by molar-refractivity contribution is 5.73. The first kappa shape index (κ1) is 28.1. The lowest BCUT2D eigenvalue weighted by Gasteiger charge is -2.46. The number of fused-ring (bicyclic) bond motifs is 1. The van der Waals surface area contributed by atoms with Crippen molar-refractivity contribution in [3.05, 3.63) is 77.5 Å². The molecule has 3 aromatic heterocycles. The number of carbonyl (C=O) groups is 1. The van der Waals surface area contributed by atoms with E-state index in [1.165, 1.54) is 6.07 Å². The van der Waals surface area contributed by atoms with Gasteiger partial charge in [-0.25, -0.2) is 22.7 Å². The molecule has 0 unspecified atom stereocenters. The summed E-state index contributed by atoms with van der Waals surface area (Å²) in [6.07, 6.45) is 5.47. The molecule has 2 aliphatic heterocycles. The largest absolute Gasteiger partial charge is 0.374 e. The number of amides is 1. The second-order valence-corrected chi connectivity index (χ2v) is 11.4. The molecular formula is C30H32F3N7O2. The van der Waals surface area contributed by atoms with E-state index < -0.39 is 17.3 Å². The van der Waals surface area contributed by atoms with Gasteiger partial charge < -0.3 is 20.3 Å². The fourth-order valence-electron chi connectivity index (χ4n) is 6.14. The molecule has 5 heterocycles. The first-order valence-corrected chi connectivity index (χ1v) is 13.8. The Hall–Kier alpha value is -4.03. The average molecular weight is 580 g/mol. The van der Waals surface area contributed by atoms with Gasteiger partial charge in [-0.1, -0.05) is 6.92 Å². The second kappa shape index (κ2) is 10.7. The molecule has 0 saturated carbocycles. The van der Waals surface area contributed by atoms with Gasteiger partial charge in [0, 0.05) is 63.2 Å². The van der Waals surface area contributed by atoms with Gasteiger partial charge in [0.25, 0.3) is 0 Å². The quantitative estimate of drug-likeness (QED) is 0.373. The number of hydrogen-bond donors (Lipinski definition) is 1. The molecule has 0 aliphatic carbocycles. The minimum Gasteiger partial charge on any atom is -0.374 e. The molecule has 0 radical (unpaired) electrons. The first-order chi connectivity index (χ1) is 20.1. The topological polar surface area (TPSA) is 102 Å². The van der Waals surface area contributed by atoms with Crippen LogP contribution in [0.5, 0.6) is 0 Å². The third-order valence-corrected chi connectivity index (χ3v) is 8.40. The standard InChI is InChI=1S/C30H32F3N7O2/c1-17-13-39(14-24(34)29(17)38(3)18(2)41)26-6-7-35-11-19(26)8-27-36-12-21-4-5-25(37-40(21)27)28-22(31)9-20(10-23(28)32)30(33)15-42-16-30/h4-7,9-12,17,24,29H,8,13-16,34H2,1-3H3/t17-,24+,29-/m0/s1. The minimum atomic E-state index is -1.89. The monoisotopic (exact) mass is 579 g/mol. The number of aromatic nitrogens is 4. The van der Waals surface area contributed by atoms with Gasteiger partial charge in [0.1, 0.15) is 17.5 Å². The van der Waals surface area contributed by atoms with Crippen LogP contribution in [0.1, 0.15) is 30.8 Å². The van der Waals surface area contributed by atoms with E-state index in [0.717, 1.165) is 23.4 Å². The number of alkyl halides is 1. The van der Waals surface area contributed by atoms with Crippen LogP contribution in [0.25, 0.3) is 16.8 Å². The van der Waals surface area contributed by atoms with Crippen molar-refractivity contribution in [2.75, 3.05) is 38.3 Å². The van der Waals surface area contributed by atoms with Gasteiger partial charge >= 0.3 is 0 Å². The van der Waals surface area contributed by atoms with E-state index in [-0.39, 0.29) is 53.9 Å². The van der Waals surface area contributed by atoms with Crippen LogP contribution < -0.4 is 10.6 Å². The molecule has 2 aliphatic rings. The lowest BCUT2D eigenvalue weighted by molar-refractivity contribution is -0.135. The number of likely N-dealkylation sites (N-methyl/N-ethyl adjacent to an activating group) is 1. The number of halogens is 3. The summed E-state index contributed by atoms with van der Waals surface area (Å²) >= 11 is 0. The van der Waals surface area contributed by atoms with E-state index in [1.807, 2.05) is 6.07 Å². The summed E-state index contributed by atoms with van der Waals surface area (Å²) in [6.45, 7) is 4.41. The highest BCUT2D eigenvalue weighted by atomic mass is 19.1. The maximum atomic E-state index is 15.1. The molecule has 42 heavy (non-hydrogen) atoms. The third kappa shape index (κ3) is 4.88. The summed E-state index contributed by atoms with van der Waals surface area (Å²) in [7, 11) is 1.79. The molecule has 1 aromatic carbocycles. The number of nitrogens with zero attached hydrogens (tertiary/aromatic N) is 6. The predicted molar refractivity (Wildman–Crippen MR) is 151 cm³/mol. The van der Waals surface area contributed by atoms with Crippen molar-refractivity contribution in [3.63, 3.8) is 0 Å². The molecule has 0 bridgehead atoms. The van der Waals surface area contributed by atoms with Crippen molar-refractivity contribution in [1.82, 2.24) is 24.5 Å². The Kier molecular flexibility index (Phi) is 7.14. The van der Waals surface area contributed by atoms with Crippen LogP contribution in [0, 0.1) is 17.6 Å². The van der Waals surface area contributed by atoms with E-state index in [4.69, 9.17) is 10.5 Å². The van der Waals surface area contributed by atoms with Crippen LogP contribution in [0.4, 0.5) is 18.9 Å². The fraction of sp³-hybridized carbons (Fsp3) is 0.400. The molecule has 3 atom stereocenters. The predicted octanol–water partition coefficient (Wildman–Crippen LogP) is 3.49. The second-order valence-electron chi connectivity index (χ2n) is 11.4. The van der Waals surface area contributed by atoms with E-state index in [9.17, 15) is 9.18 Å². The molecular weight excluding hydrogens is 547 g/mol. The molecule has 2 saturated heterocycles. The van der Waals surface area contributed by atoms with Crippen molar-refractivity contribution in [2.45, 2.75) is 38.0 Å². The molecule has 0 spiro atoms. The lowest BCUT2D eigenvalue weighted by Crippen LogP contribution is -2.62. The Morgan fingerprint density at radius 1 is 1.17 bits per heavy atom. The van der Waals surface area contributed by atoms with Crippen LogP contribution in [0.15, 0.2) is 48.9 Å². The van der Waals surface area contributed by atoms with Crippen LogP contribution in [-0.4, -0.2) is 75.8 Å². The van der Waals surface area contributed by atoms with Crippen LogP contribution >= 0.6 is 0 Å². The molecule has 220 valence electrons. The SMILES string of the molecule is CC(=O)N(C)[C@@H]1[C@H](N)CN(c2ccncc2Cc2ncc3ccc(-c4c(F)cc(C5(F)COC5)cc4F)nn23)C[C@@H]1C. The van der Waals surface area contributed by atoms with Gasteiger partial charge in [0.15, 0.2) is 5.67 Å². The fourth-order valence-corrected chi connectivity index (χ4v) is 6.14. The minimum absolute atomic E-state index is 0.0200. The average Bonchev–Trinajstić information content (AvgIpc) is 3.33. The summed E-state index contributed by atoms with van der Waals surface area (Å²) in [5.74, 6) is -1.15. The molecule has 12 heteroatoms. The Balaban J connectivity index is 1.30. The first-order valence-electron chi connectivity index (χ1n) is 13.8. The summed E-state index contributed by atoms with van der Waals surface area (Å²) in [6, 6.07) is 6.81. The summed E-state index contributed by atoms with van der Waals surface area (Å²) in [4.78, 5) is 24.8. The number of piperidine rings is 1. The van der Waals surface area contributed by atoms with Gasteiger partial charge in [0.05, 0.1) is 42.2 Å². The number of nitrogens with two attached hydrogens (primary N) is 1. The van der Waals surface area contributed by atoms with Crippen LogP contribution in [0.3, 0.4) is 0 Å². The summed E-state index contributed by atoms with van der Waals surface area (Å²) in [5, 5.41) is 4.53. The van der Waals surface area contributed by atoms with Crippen molar-refractivity contribution in [1.29, 1.82) is 0 Å². The number of pyridine rings is 1. The van der Waals surface area contributed by atoms with Gasteiger partial charge in [-0.15, -0.1) is 0 Å². The maximum Gasteiger partial charge on any atom is 0.219 e. The number of imidazole rings is 1. The highest BCUT2D eigenvalue weighted by Crippen LogP contribution is 2.37. The van der Waals surface area contributed by atoms with Gasteiger partial charge in [-0.05, 0) is 41.8 Å². The van der Waals surface area contributed by atoms with Crippen molar-refractivity contribution in [3.8, 4) is 11.3 Å². The number of anilines is 1. The van der Waals surface area contributed by atoms with E-state index in [2.05, 4.69) is 26.9 Å². The smallest absolute Gasteiger partial charge is 0.219 e. The molecule has 4 aromatic rings. The highest BCUT2D eigenvalue weighted by Gasteiger charge is 2.42. The Bertz CT molecular complexity index is 1620. The Morgan fingerprint density at radius 2 is 1.90 bits per heavy atom. The van der Waals surface area contributed by atoms with Crippen molar-refractivity contribution in [2.24, 2.45) is 11.7 Å². The van der Waals surface area contributed by atoms with E-state index in [0.29, 0.717) is 30.9 Å². The Morgan fingerprint density at radius 3 is 2.55 bits per heavy atom. The molecule has 2 fully saturated rings. The Labute approximate surface area is 241 Å². The van der Waals surface area contributed by atoms with E-state index in [1.54, 1.807) is 48.0 Å². The summed E-state index contributed by atoms with van der Waals surface area (Å²) in [5.41, 5.74) is 6.78. The van der Waals surface area contributed by atoms with Crippen LogP contribution in [0.2, 0.25) is 0 Å². The molecule has 1 amide bonds. The maximum absolute atomic E-state index is 15.1. The van der Waals surface area contributed by atoms with E-state index >= 15 is 8.78 Å². The summed E-state index contributed by atoms with van der Waals surface area (Å²) < 4.78 is 51.5. The zero-order chi connectivity index (χ0) is 29.8. The number of hydrogen-bond acceptors (Lipinski definition) is 7. The molecule has 9 nitrogen and oxygen atoms in total. The molecule has 6 rings (SSSR count). The molecule has 2 N–H and O–H groups in total. The number of ether oxygens (including phenoxy) is 1.